The molecule has 0 saturated heterocycles. The van der Waals surface area contributed by atoms with Gasteiger partial charge in [-0.15, -0.1) is 11.3 Å². The molecule has 2 rings (SSSR count). The quantitative estimate of drug-likeness (QED) is 0.794. The Bertz CT molecular complexity index is 574. The van der Waals surface area contributed by atoms with Gasteiger partial charge in [0.1, 0.15) is 4.88 Å². The van der Waals surface area contributed by atoms with Crippen LogP contribution in [0.15, 0.2) is 18.5 Å². The first kappa shape index (κ1) is 13.8. The van der Waals surface area contributed by atoms with Crippen LogP contribution in [-0.4, -0.2) is 27.4 Å². The number of aryl methyl sites for hydroxylation is 2. The molecule has 0 aliphatic rings. The van der Waals surface area contributed by atoms with E-state index in [1.807, 2.05) is 30.9 Å². The summed E-state index contributed by atoms with van der Waals surface area (Å²) >= 11 is 1.32. The number of hydrogen-bond donors (Lipinski definition) is 2. The maximum absolute atomic E-state index is 10.9. The molecule has 19 heavy (non-hydrogen) atoms. The van der Waals surface area contributed by atoms with Crippen molar-refractivity contribution in [3.05, 3.63) is 39.3 Å². The SMILES string of the molecule is Cc1cnn(CCNCc2cc(C(=O)O)sc2C)c1. The number of hydrogen-bond acceptors (Lipinski definition) is 4. The molecule has 0 aliphatic carbocycles. The minimum absolute atomic E-state index is 0.400. The molecule has 0 saturated carbocycles. The molecular weight excluding hydrogens is 262 g/mol. The Morgan fingerprint density at radius 1 is 1.53 bits per heavy atom. The summed E-state index contributed by atoms with van der Waals surface area (Å²) in [6, 6.07) is 1.74. The van der Waals surface area contributed by atoms with Crippen molar-refractivity contribution in [3.63, 3.8) is 0 Å². The highest BCUT2D eigenvalue weighted by Gasteiger charge is 2.10. The zero-order valence-corrected chi connectivity index (χ0v) is 11.8. The summed E-state index contributed by atoms with van der Waals surface area (Å²) in [4.78, 5) is 12.3. The minimum atomic E-state index is -0.855. The number of nitrogens with one attached hydrogen (secondary N) is 1. The zero-order chi connectivity index (χ0) is 13.8. The Hall–Kier alpha value is -1.66. The van der Waals surface area contributed by atoms with Gasteiger partial charge in [-0.1, -0.05) is 0 Å². The summed E-state index contributed by atoms with van der Waals surface area (Å²) in [6.07, 6.45) is 3.84. The summed E-state index contributed by atoms with van der Waals surface area (Å²) in [5.41, 5.74) is 2.21. The standard InChI is InChI=1S/C13H17N3O2S/c1-9-6-15-16(8-9)4-3-14-7-11-5-12(13(17)18)19-10(11)2/h5-6,8,14H,3-4,7H2,1-2H3,(H,17,18). The summed E-state index contributed by atoms with van der Waals surface area (Å²) < 4.78 is 1.89. The third-order valence-corrected chi connectivity index (χ3v) is 3.91. The zero-order valence-electron chi connectivity index (χ0n) is 11.0. The summed E-state index contributed by atoms with van der Waals surface area (Å²) in [6.45, 7) is 6.27. The van der Waals surface area contributed by atoms with Crippen molar-refractivity contribution in [1.29, 1.82) is 0 Å². The van der Waals surface area contributed by atoms with E-state index in [1.54, 1.807) is 6.07 Å². The smallest absolute Gasteiger partial charge is 0.345 e. The van der Waals surface area contributed by atoms with Crippen molar-refractivity contribution in [2.24, 2.45) is 0 Å². The highest BCUT2D eigenvalue weighted by Crippen LogP contribution is 2.21. The molecule has 0 fully saturated rings. The summed E-state index contributed by atoms with van der Waals surface area (Å²) in [5, 5.41) is 16.4. The normalized spacial score (nSPS) is 10.8. The van der Waals surface area contributed by atoms with Gasteiger partial charge in [-0.2, -0.15) is 5.10 Å². The highest BCUT2D eigenvalue weighted by molar-refractivity contribution is 7.14. The molecule has 0 spiro atoms. The van der Waals surface area contributed by atoms with Crippen LogP contribution in [0.5, 0.6) is 0 Å². The third kappa shape index (κ3) is 3.65. The van der Waals surface area contributed by atoms with Crippen LogP contribution in [0.4, 0.5) is 0 Å². The molecule has 0 atom stereocenters. The summed E-state index contributed by atoms with van der Waals surface area (Å²) in [7, 11) is 0. The van der Waals surface area contributed by atoms with E-state index >= 15 is 0 Å². The van der Waals surface area contributed by atoms with Crippen LogP contribution in [0.3, 0.4) is 0 Å². The monoisotopic (exact) mass is 279 g/mol. The van der Waals surface area contributed by atoms with Gasteiger partial charge in [0.15, 0.2) is 0 Å². The number of carbonyl (C=O) groups is 1. The minimum Gasteiger partial charge on any atom is -0.477 e. The van der Waals surface area contributed by atoms with E-state index < -0.39 is 5.97 Å². The second-order valence-corrected chi connectivity index (χ2v) is 5.71. The second-order valence-electron chi connectivity index (χ2n) is 4.45. The van der Waals surface area contributed by atoms with Crippen LogP contribution in [-0.2, 0) is 13.1 Å². The molecule has 2 aromatic rings. The fourth-order valence-electron chi connectivity index (χ4n) is 1.81. The Labute approximate surface area is 115 Å². The van der Waals surface area contributed by atoms with Gasteiger partial charge >= 0.3 is 5.97 Å². The fraction of sp³-hybridized carbons (Fsp3) is 0.385. The maximum atomic E-state index is 10.9. The van der Waals surface area contributed by atoms with Crippen LogP contribution < -0.4 is 5.32 Å². The molecule has 2 aromatic heterocycles. The van der Waals surface area contributed by atoms with Crippen molar-refractivity contribution >= 4 is 17.3 Å². The average Bonchev–Trinajstić information content (AvgIpc) is 2.92. The number of aromatic carboxylic acids is 1. The largest absolute Gasteiger partial charge is 0.477 e. The van der Waals surface area contributed by atoms with Gasteiger partial charge in [-0.25, -0.2) is 4.79 Å². The number of rotatable bonds is 6. The van der Waals surface area contributed by atoms with E-state index in [4.69, 9.17) is 5.11 Å². The number of carboxylic acids is 1. The molecule has 2 heterocycles. The highest BCUT2D eigenvalue weighted by atomic mass is 32.1. The average molecular weight is 279 g/mol. The van der Waals surface area contributed by atoms with Crippen LogP contribution in [0.25, 0.3) is 0 Å². The van der Waals surface area contributed by atoms with Crippen molar-refractivity contribution in [2.75, 3.05) is 6.54 Å². The van der Waals surface area contributed by atoms with Crippen LogP contribution >= 0.6 is 11.3 Å². The van der Waals surface area contributed by atoms with Gasteiger partial charge in [-0.05, 0) is 31.0 Å². The Kier molecular flexibility index (Phi) is 4.34. The van der Waals surface area contributed by atoms with Crippen molar-refractivity contribution in [1.82, 2.24) is 15.1 Å². The van der Waals surface area contributed by atoms with Gasteiger partial charge in [-0.3, -0.25) is 4.68 Å². The molecule has 0 amide bonds. The molecule has 6 heteroatoms. The molecule has 5 nitrogen and oxygen atoms in total. The number of carboxylic acid groups (broad SMARTS) is 1. The van der Waals surface area contributed by atoms with E-state index in [9.17, 15) is 4.79 Å². The molecule has 0 aliphatic heterocycles. The number of nitrogens with zero attached hydrogens (tertiary/aromatic N) is 2. The number of thiophene rings is 1. The molecule has 102 valence electrons. The van der Waals surface area contributed by atoms with E-state index in [1.165, 1.54) is 11.3 Å². The Balaban J connectivity index is 1.81. The first-order chi connectivity index (χ1) is 9.06. The fourth-order valence-corrected chi connectivity index (χ4v) is 2.69. The first-order valence-electron chi connectivity index (χ1n) is 6.08. The van der Waals surface area contributed by atoms with E-state index in [0.717, 1.165) is 29.1 Å². The van der Waals surface area contributed by atoms with Crippen molar-refractivity contribution < 1.29 is 9.90 Å². The van der Waals surface area contributed by atoms with E-state index in [0.29, 0.717) is 11.4 Å². The van der Waals surface area contributed by atoms with E-state index in [2.05, 4.69) is 10.4 Å². The molecular formula is C13H17N3O2S. The van der Waals surface area contributed by atoms with Crippen molar-refractivity contribution in [2.45, 2.75) is 26.9 Å². The van der Waals surface area contributed by atoms with Gasteiger partial charge in [0.2, 0.25) is 0 Å². The Morgan fingerprint density at radius 2 is 2.32 bits per heavy atom. The predicted octanol–water partition coefficient (Wildman–Crippen LogP) is 2.05. The lowest BCUT2D eigenvalue weighted by molar-refractivity contribution is 0.0702. The predicted molar refractivity (Wildman–Crippen MR) is 74.7 cm³/mol. The van der Waals surface area contributed by atoms with Crippen molar-refractivity contribution in [3.8, 4) is 0 Å². The lowest BCUT2D eigenvalue weighted by atomic mass is 10.2. The third-order valence-electron chi connectivity index (χ3n) is 2.83. The topological polar surface area (TPSA) is 67.2 Å². The van der Waals surface area contributed by atoms with Gasteiger partial charge in [0, 0.05) is 24.2 Å². The first-order valence-corrected chi connectivity index (χ1v) is 6.90. The molecule has 0 aromatic carbocycles. The van der Waals surface area contributed by atoms with Crippen LogP contribution in [0.2, 0.25) is 0 Å². The molecule has 0 unspecified atom stereocenters. The van der Waals surface area contributed by atoms with E-state index in [-0.39, 0.29) is 0 Å². The van der Waals surface area contributed by atoms with Crippen LogP contribution in [0, 0.1) is 13.8 Å². The van der Waals surface area contributed by atoms with Crippen LogP contribution in [0.1, 0.15) is 25.7 Å². The molecule has 0 radical (unpaired) electrons. The molecule has 0 bridgehead atoms. The summed E-state index contributed by atoms with van der Waals surface area (Å²) in [5.74, 6) is -0.855. The van der Waals surface area contributed by atoms with Gasteiger partial charge in [0.05, 0.1) is 12.7 Å². The Morgan fingerprint density at radius 3 is 2.89 bits per heavy atom. The molecule has 2 N–H and O–H groups in total. The lowest BCUT2D eigenvalue weighted by Gasteiger charge is -2.04. The number of aromatic nitrogens is 2. The maximum Gasteiger partial charge on any atom is 0.345 e. The lowest BCUT2D eigenvalue weighted by Crippen LogP contribution is -2.19. The van der Waals surface area contributed by atoms with Gasteiger partial charge in [0.25, 0.3) is 0 Å². The second kappa shape index (κ2) is 5.99. The van der Waals surface area contributed by atoms with Gasteiger partial charge < -0.3 is 10.4 Å².